The van der Waals surface area contributed by atoms with E-state index < -0.39 is 0 Å². The van der Waals surface area contributed by atoms with E-state index in [2.05, 4.69) is 13.8 Å². The minimum Gasteiger partial charge on any atom is -0.330 e. The second-order valence-corrected chi connectivity index (χ2v) is 5.41. The molecule has 1 unspecified atom stereocenters. The summed E-state index contributed by atoms with van der Waals surface area (Å²) in [4.78, 5) is 0. The molecule has 0 radical (unpaired) electrons. The lowest BCUT2D eigenvalue weighted by molar-refractivity contribution is 0.391. The van der Waals surface area contributed by atoms with Crippen molar-refractivity contribution in [2.45, 2.75) is 65.2 Å². The van der Waals surface area contributed by atoms with Crippen LogP contribution in [0.4, 0.5) is 0 Å². The van der Waals surface area contributed by atoms with Gasteiger partial charge in [0.05, 0.1) is 0 Å². The Kier molecular flexibility index (Phi) is 11.3. The zero-order chi connectivity index (χ0) is 12.2. The van der Waals surface area contributed by atoms with Gasteiger partial charge in [-0.25, -0.2) is 0 Å². The van der Waals surface area contributed by atoms with Gasteiger partial charge in [-0.3, -0.25) is 0 Å². The number of unbranched alkanes of at least 4 members (excludes halogenated alkanes) is 2. The van der Waals surface area contributed by atoms with Gasteiger partial charge in [0.1, 0.15) is 0 Å². The lowest BCUT2D eigenvalue weighted by atomic mass is 9.92. The molecule has 0 bridgehead atoms. The van der Waals surface area contributed by atoms with Crippen molar-refractivity contribution in [2.75, 3.05) is 13.1 Å². The Morgan fingerprint density at radius 3 is 1.88 bits per heavy atom. The zero-order valence-electron chi connectivity index (χ0n) is 11.4. The topological polar surface area (TPSA) is 52.0 Å². The minimum atomic E-state index is 0.826. The Morgan fingerprint density at radius 1 is 0.688 bits per heavy atom. The summed E-state index contributed by atoms with van der Waals surface area (Å²) in [7, 11) is 0. The Bertz CT molecular complexity index is 135. The SMILES string of the molecule is CC(C)CCCCCC(CCN)CCCN. The lowest BCUT2D eigenvalue weighted by Gasteiger charge is -2.15. The molecule has 0 saturated carbocycles. The molecule has 0 aromatic carbocycles. The van der Waals surface area contributed by atoms with Crippen molar-refractivity contribution < 1.29 is 0 Å². The van der Waals surface area contributed by atoms with Crippen LogP contribution in [0.1, 0.15) is 65.2 Å². The number of hydrogen-bond donors (Lipinski definition) is 2. The molecule has 0 fully saturated rings. The number of nitrogens with two attached hydrogens (primary N) is 2. The molecule has 0 aliphatic carbocycles. The van der Waals surface area contributed by atoms with Gasteiger partial charge in [-0.15, -0.1) is 0 Å². The summed E-state index contributed by atoms with van der Waals surface area (Å²) < 4.78 is 0. The van der Waals surface area contributed by atoms with Gasteiger partial charge >= 0.3 is 0 Å². The quantitative estimate of drug-likeness (QED) is 0.533. The first kappa shape index (κ1) is 15.9. The maximum Gasteiger partial charge on any atom is -0.00746 e. The third-order valence-corrected chi connectivity index (χ3v) is 3.29. The van der Waals surface area contributed by atoms with E-state index in [4.69, 9.17) is 11.5 Å². The molecule has 4 N–H and O–H groups in total. The first-order chi connectivity index (χ1) is 7.70. The fraction of sp³-hybridized carbons (Fsp3) is 1.00. The van der Waals surface area contributed by atoms with Crippen LogP contribution in [0.3, 0.4) is 0 Å². The van der Waals surface area contributed by atoms with Gasteiger partial charge in [-0.2, -0.15) is 0 Å². The molecule has 98 valence electrons. The van der Waals surface area contributed by atoms with Crippen LogP contribution in [0.15, 0.2) is 0 Å². The predicted octanol–water partition coefficient (Wildman–Crippen LogP) is 3.30. The van der Waals surface area contributed by atoms with Crippen LogP contribution in [0.2, 0.25) is 0 Å². The molecule has 0 spiro atoms. The van der Waals surface area contributed by atoms with Crippen molar-refractivity contribution in [2.24, 2.45) is 23.3 Å². The van der Waals surface area contributed by atoms with Gasteiger partial charge in [-0.05, 0) is 44.2 Å². The fourth-order valence-corrected chi connectivity index (χ4v) is 2.24. The van der Waals surface area contributed by atoms with Crippen molar-refractivity contribution >= 4 is 0 Å². The molecule has 2 heteroatoms. The molecular weight excluding hydrogens is 196 g/mol. The van der Waals surface area contributed by atoms with E-state index in [0.29, 0.717) is 0 Å². The molecular formula is C14H32N2. The van der Waals surface area contributed by atoms with Crippen LogP contribution in [0, 0.1) is 11.8 Å². The second-order valence-electron chi connectivity index (χ2n) is 5.41. The molecule has 0 aliphatic rings. The molecule has 1 atom stereocenters. The molecule has 0 aromatic rings. The van der Waals surface area contributed by atoms with Crippen molar-refractivity contribution in [3.63, 3.8) is 0 Å². The largest absolute Gasteiger partial charge is 0.330 e. The third-order valence-electron chi connectivity index (χ3n) is 3.29. The molecule has 0 aliphatic heterocycles. The van der Waals surface area contributed by atoms with Crippen LogP contribution in [-0.2, 0) is 0 Å². The zero-order valence-corrected chi connectivity index (χ0v) is 11.4. The summed E-state index contributed by atoms with van der Waals surface area (Å²) in [5.74, 6) is 1.68. The van der Waals surface area contributed by atoms with Crippen LogP contribution < -0.4 is 11.5 Å². The summed E-state index contributed by atoms with van der Waals surface area (Å²) in [5.41, 5.74) is 11.2. The number of rotatable bonds is 11. The van der Waals surface area contributed by atoms with Crippen molar-refractivity contribution in [3.05, 3.63) is 0 Å². The maximum atomic E-state index is 5.64. The Hall–Kier alpha value is -0.0800. The van der Waals surface area contributed by atoms with E-state index in [-0.39, 0.29) is 0 Å². The maximum absolute atomic E-state index is 5.64. The third kappa shape index (κ3) is 10.4. The van der Waals surface area contributed by atoms with E-state index in [0.717, 1.165) is 31.3 Å². The molecule has 16 heavy (non-hydrogen) atoms. The van der Waals surface area contributed by atoms with Crippen LogP contribution >= 0.6 is 0 Å². The van der Waals surface area contributed by atoms with E-state index in [1.165, 1.54) is 44.9 Å². The molecule has 2 nitrogen and oxygen atoms in total. The molecule has 0 aromatic heterocycles. The summed E-state index contributed by atoms with van der Waals surface area (Å²) in [6.07, 6.45) is 10.5. The van der Waals surface area contributed by atoms with Gasteiger partial charge in [0.15, 0.2) is 0 Å². The molecule has 0 amide bonds. The highest BCUT2D eigenvalue weighted by molar-refractivity contribution is 4.61. The van der Waals surface area contributed by atoms with E-state index in [1.54, 1.807) is 0 Å². The molecule has 0 saturated heterocycles. The van der Waals surface area contributed by atoms with Crippen molar-refractivity contribution in [1.82, 2.24) is 0 Å². The Morgan fingerprint density at radius 2 is 1.31 bits per heavy atom. The summed E-state index contributed by atoms with van der Waals surface area (Å²) in [5, 5.41) is 0. The smallest absolute Gasteiger partial charge is 0.00746 e. The monoisotopic (exact) mass is 228 g/mol. The van der Waals surface area contributed by atoms with Crippen molar-refractivity contribution in [1.29, 1.82) is 0 Å². The van der Waals surface area contributed by atoms with Crippen LogP contribution in [0.5, 0.6) is 0 Å². The second kappa shape index (κ2) is 11.4. The lowest BCUT2D eigenvalue weighted by Crippen LogP contribution is -2.11. The standard InChI is InChI=1S/C14H32N2/c1-13(2)7-4-3-5-8-14(10-12-16)9-6-11-15/h13-14H,3-12,15-16H2,1-2H3. The minimum absolute atomic E-state index is 0.826. The van der Waals surface area contributed by atoms with Crippen LogP contribution in [0.25, 0.3) is 0 Å². The first-order valence-electron chi connectivity index (χ1n) is 7.10. The predicted molar refractivity (Wildman–Crippen MR) is 73.4 cm³/mol. The van der Waals surface area contributed by atoms with Gasteiger partial charge < -0.3 is 11.5 Å². The molecule has 0 heterocycles. The normalized spacial score (nSPS) is 13.3. The van der Waals surface area contributed by atoms with Gasteiger partial charge in [0.2, 0.25) is 0 Å². The number of hydrogen-bond acceptors (Lipinski definition) is 2. The van der Waals surface area contributed by atoms with E-state index in [1.807, 2.05) is 0 Å². The first-order valence-corrected chi connectivity index (χ1v) is 7.10. The van der Waals surface area contributed by atoms with Gasteiger partial charge in [0.25, 0.3) is 0 Å². The summed E-state index contributed by atoms with van der Waals surface area (Å²) >= 11 is 0. The van der Waals surface area contributed by atoms with Crippen LogP contribution in [-0.4, -0.2) is 13.1 Å². The van der Waals surface area contributed by atoms with Gasteiger partial charge in [-0.1, -0.05) is 46.0 Å². The average molecular weight is 228 g/mol. The van der Waals surface area contributed by atoms with E-state index in [9.17, 15) is 0 Å². The molecule has 0 rings (SSSR count). The average Bonchev–Trinajstić information content (AvgIpc) is 2.24. The Balaban J connectivity index is 3.43. The fourth-order valence-electron chi connectivity index (χ4n) is 2.24. The highest BCUT2D eigenvalue weighted by atomic mass is 14.5. The highest BCUT2D eigenvalue weighted by Crippen LogP contribution is 2.19. The van der Waals surface area contributed by atoms with Crippen molar-refractivity contribution in [3.8, 4) is 0 Å². The van der Waals surface area contributed by atoms with Gasteiger partial charge in [0, 0.05) is 0 Å². The Labute approximate surface area is 102 Å². The summed E-state index contributed by atoms with van der Waals surface area (Å²) in [6, 6.07) is 0. The summed E-state index contributed by atoms with van der Waals surface area (Å²) in [6.45, 7) is 6.27. The highest BCUT2D eigenvalue weighted by Gasteiger charge is 2.07. The van der Waals surface area contributed by atoms with E-state index >= 15 is 0 Å².